The summed E-state index contributed by atoms with van der Waals surface area (Å²) in [4.78, 5) is 24.1. The number of amides is 1. The summed E-state index contributed by atoms with van der Waals surface area (Å²) >= 11 is 5.82. The molecule has 8 heteroatoms. The molecule has 0 heterocycles. The molecule has 0 radical (unpaired) electrons. The lowest BCUT2D eigenvalue weighted by Crippen LogP contribution is -2.24. The second-order valence-corrected chi connectivity index (χ2v) is 7.66. The molecule has 34 heavy (non-hydrogen) atoms. The third kappa shape index (κ3) is 8.26. The number of rotatable bonds is 11. The van der Waals surface area contributed by atoms with Gasteiger partial charge in [-0.3, -0.25) is 4.79 Å². The van der Waals surface area contributed by atoms with Crippen LogP contribution >= 0.6 is 11.6 Å². The minimum atomic E-state index is -0.482. The minimum absolute atomic E-state index is 0.174. The van der Waals surface area contributed by atoms with Crippen molar-refractivity contribution in [2.24, 2.45) is 5.10 Å². The molecule has 0 aliphatic heterocycles. The Morgan fingerprint density at radius 2 is 1.50 bits per heavy atom. The van der Waals surface area contributed by atoms with E-state index >= 15 is 0 Å². The highest BCUT2D eigenvalue weighted by atomic mass is 35.5. The molecule has 1 amide bonds. The summed E-state index contributed by atoms with van der Waals surface area (Å²) in [5.74, 6) is 0.833. The van der Waals surface area contributed by atoms with Crippen molar-refractivity contribution in [1.29, 1.82) is 0 Å². The van der Waals surface area contributed by atoms with Crippen LogP contribution in [-0.4, -0.2) is 31.3 Å². The molecule has 0 saturated carbocycles. The van der Waals surface area contributed by atoms with Crippen LogP contribution in [0.1, 0.15) is 35.7 Å². The van der Waals surface area contributed by atoms with Crippen molar-refractivity contribution in [3.63, 3.8) is 0 Å². The van der Waals surface area contributed by atoms with Gasteiger partial charge >= 0.3 is 5.97 Å². The maximum atomic E-state index is 12.1. The Bertz CT molecular complexity index is 1100. The van der Waals surface area contributed by atoms with Crippen molar-refractivity contribution < 1.29 is 23.8 Å². The normalized spacial score (nSPS) is 10.6. The molecule has 3 aromatic rings. The molecule has 0 aromatic heterocycles. The Morgan fingerprint density at radius 1 is 0.882 bits per heavy atom. The molecule has 0 fully saturated rings. The zero-order chi connectivity index (χ0) is 24.2. The first kappa shape index (κ1) is 24.8. The molecule has 0 unspecified atom stereocenters. The number of carbonyl (C=O) groups excluding carboxylic acids is 2. The van der Waals surface area contributed by atoms with Crippen LogP contribution in [0.4, 0.5) is 0 Å². The summed E-state index contributed by atoms with van der Waals surface area (Å²) in [5.41, 5.74) is 3.52. The smallest absolute Gasteiger partial charge is 0.343 e. The number of halogens is 1. The van der Waals surface area contributed by atoms with Gasteiger partial charge in [0.05, 0.1) is 18.4 Å². The van der Waals surface area contributed by atoms with Gasteiger partial charge in [0.25, 0.3) is 5.91 Å². The number of carbonyl (C=O) groups is 2. The average molecular weight is 481 g/mol. The van der Waals surface area contributed by atoms with Crippen molar-refractivity contribution in [2.75, 3.05) is 13.2 Å². The zero-order valence-corrected chi connectivity index (χ0v) is 19.5. The van der Waals surface area contributed by atoms with Crippen LogP contribution in [0.15, 0.2) is 77.9 Å². The molecule has 0 aliphatic rings. The van der Waals surface area contributed by atoms with Crippen LogP contribution in [0.2, 0.25) is 5.02 Å². The first-order valence-corrected chi connectivity index (χ1v) is 11.2. The molecule has 0 saturated heterocycles. The number of ether oxygens (including phenoxy) is 3. The second kappa shape index (κ2) is 13.0. The number of nitrogens with one attached hydrogen (secondary N) is 1. The lowest BCUT2D eigenvalue weighted by Gasteiger charge is -2.08. The lowest BCUT2D eigenvalue weighted by atomic mass is 10.2. The highest BCUT2D eigenvalue weighted by Gasteiger charge is 2.08. The first-order chi connectivity index (χ1) is 16.5. The fraction of sp³-hybridized carbons (Fsp3) is 0.192. The highest BCUT2D eigenvalue weighted by molar-refractivity contribution is 6.30. The Kier molecular flexibility index (Phi) is 9.49. The second-order valence-electron chi connectivity index (χ2n) is 7.22. The maximum absolute atomic E-state index is 12.1. The Balaban J connectivity index is 1.40. The number of benzene rings is 3. The van der Waals surface area contributed by atoms with Crippen LogP contribution in [-0.2, 0) is 4.79 Å². The molecular weight excluding hydrogens is 456 g/mol. The summed E-state index contributed by atoms with van der Waals surface area (Å²) in [7, 11) is 0. The molecule has 0 aliphatic carbocycles. The van der Waals surface area contributed by atoms with E-state index in [4.69, 9.17) is 25.8 Å². The predicted octanol–water partition coefficient (Wildman–Crippen LogP) is 5.27. The Hall–Kier alpha value is -3.84. The van der Waals surface area contributed by atoms with Gasteiger partial charge in [0.15, 0.2) is 6.61 Å². The molecule has 3 aromatic carbocycles. The van der Waals surface area contributed by atoms with Gasteiger partial charge in [-0.25, -0.2) is 10.2 Å². The minimum Gasteiger partial charge on any atom is -0.494 e. The van der Waals surface area contributed by atoms with E-state index in [0.717, 1.165) is 18.6 Å². The van der Waals surface area contributed by atoms with Crippen molar-refractivity contribution in [1.82, 2.24) is 5.43 Å². The van der Waals surface area contributed by atoms with Crippen LogP contribution in [0.25, 0.3) is 0 Å². The maximum Gasteiger partial charge on any atom is 0.343 e. The van der Waals surface area contributed by atoms with Gasteiger partial charge in [-0.15, -0.1) is 0 Å². The van der Waals surface area contributed by atoms with E-state index in [0.29, 0.717) is 34.3 Å². The van der Waals surface area contributed by atoms with Gasteiger partial charge < -0.3 is 14.2 Å². The van der Waals surface area contributed by atoms with E-state index in [2.05, 4.69) is 17.5 Å². The quantitative estimate of drug-likeness (QED) is 0.133. The monoisotopic (exact) mass is 480 g/mol. The van der Waals surface area contributed by atoms with E-state index in [9.17, 15) is 9.59 Å². The van der Waals surface area contributed by atoms with Crippen LogP contribution in [0.5, 0.6) is 17.2 Å². The largest absolute Gasteiger partial charge is 0.494 e. The molecule has 176 valence electrons. The van der Waals surface area contributed by atoms with Crippen molar-refractivity contribution >= 4 is 29.7 Å². The number of nitrogens with zero attached hydrogens (tertiary/aromatic N) is 1. The summed E-state index contributed by atoms with van der Waals surface area (Å²) < 4.78 is 16.4. The van der Waals surface area contributed by atoms with E-state index in [1.54, 1.807) is 72.8 Å². The number of unbranched alkanes of at least 4 members (excludes halogenated alkanes) is 1. The first-order valence-electron chi connectivity index (χ1n) is 10.8. The van der Waals surface area contributed by atoms with Gasteiger partial charge in [0.1, 0.15) is 17.2 Å². The fourth-order valence-corrected chi connectivity index (χ4v) is 2.83. The summed E-state index contributed by atoms with van der Waals surface area (Å²) in [6, 6.07) is 20.2. The van der Waals surface area contributed by atoms with Gasteiger partial charge in [0.2, 0.25) is 0 Å². The van der Waals surface area contributed by atoms with E-state index in [1.165, 1.54) is 6.21 Å². The number of hydrogen-bond acceptors (Lipinski definition) is 6. The average Bonchev–Trinajstić information content (AvgIpc) is 2.85. The summed E-state index contributed by atoms with van der Waals surface area (Å²) in [6.07, 6.45) is 3.55. The standard InChI is InChI=1S/C26H25ClN2O5/c1-2-3-16-32-22-12-14-23(15-13-22)33-18-25(30)29-28-17-19-4-10-24(11-5-19)34-26(31)20-6-8-21(27)9-7-20/h4-15,17H,2-3,16,18H2,1H3,(H,29,30)/b28-17+. The summed E-state index contributed by atoms with van der Waals surface area (Å²) in [6.45, 7) is 2.61. The van der Waals surface area contributed by atoms with Crippen molar-refractivity contribution in [3.05, 3.63) is 88.9 Å². The molecule has 7 nitrogen and oxygen atoms in total. The predicted molar refractivity (Wildman–Crippen MR) is 131 cm³/mol. The van der Waals surface area contributed by atoms with Crippen LogP contribution < -0.4 is 19.6 Å². The zero-order valence-electron chi connectivity index (χ0n) is 18.7. The number of esters is 1. The Morgan fingerprint density at radius 3 is 2.15 bits per heavy atom. The van der Waals surface area contributed by atoms with E-state index in [1.807, 2.05) is 0 Å². The van der Waals surface area contributed by atoms with Crippen molar-refractivity contribution in [2.45, 2.75) is 19.8 Å². The lowest BCUT2D eigenvalue weighted by molar-refractivity contribution is -0.123. The summed E-state index contributed by atoms with van der Waals surface area (Å²) in [5, 5.41) is 4.45. The SMILES string of the molecule is CCCCOc1ccc(OCC(=O)N/N=C/c2ccc(OC(=O)c3ccc(Cl)cc3)cc2)cc1. The Labute approximate surface area is 203 Å². The van der Waals surface area contributed by atoms with E-state index < -0.39 is 11.9 Å². The van der Waals surface area contributed by atoms with Gasteiger partial charge in [-0.1, -0.05) is 24.9 Å². The molecule has 3 rings (SSSR count). The van der Waals surface area contributed by atoms with Gasteiger partial charge in [0, 0.05) is 5.02 Å². The third-order valence-corrected chi connectivity index (χ3v) is 4.79. The third-order valence-electron chi connectivity index (χ3n) is 4.53. The number of hydrogen-bond donors (Lipinski definition) is 1. The fourth-order valence-electron chi connectivity index (χ4n) is 2.70. The molecule has 0 bridgehead atoms. The topological polar surface area (TPSA) is 86.2 Å². The van der Waals surface area contributed by atoms with Gasteiger partial charge in [-0.2, -0.15) is 5.10 Å². The van der Waals surface area contributed by atoms with Crippen LogP contribution in [0, 0.1) is 0 Å². The van der Waals surface area contributed by atoms with Gasteiger partial charge in [-0.05, 0) is 84.8 Å². The molecular formula is C26H25ClN2O5. The van der Waals surface area contributed by atoms with Crippen LogP contribution in [0.3, 0.4) is 0 Å². The molecule has 1 N–H and O–H groups in total. The van der Waals surface area contributed by atoms with E-state index in [-0.39, 0.29) is 6.61 Å². The molecule has 0 spiro atoms. The van der Waals surface area contributed by atoms with Crippen molar-refractivity contribution in [3.8, 4) is 17.2 Å². The molecule has 0 atom stereocenters. The number of hydrazone groups is 1. The highest BCUT2D eigenvalue weighted by Crippen LogP contribution is 2.18.